The van der Waals surface area contributed by atoms with E-state index < -0.39 is 9.84 Å². The maximum Gasteiger partial charge on any atom is 0.175 e. The van der Waals surface area contributed by atoms with E-state index in [0.29, 0.717) is 4.90 Å². The molecule has 0 saturated heterocycles. The van der Waals surface area contributed by atoms with Crippen molar-refractivity contribution in [3.63, 3.8) is 0 Å². The molecule has 0 aliphatic heterocycles. The molecule has 0 heterocycles. The molecule has 0 radical (unpaired) electrons. The van der Waals surface area contributed by atoms with Crippen LogP contribution < -0.4 is 10.6 Å². The van der Waals surface area contributed by atoms with Gasteiger partial charge in [0.15, 0.2) is 9.84 Å². The first-order valence-corrected chi connectivity index (χ1v) is 8.13. The summed E-state index contributed by atoms with van der Waals surface area (Å²) in [4.78, 5) is 0.371. The zero-order valence-electron chi connectivity index (χ0n) is 11.1. The highest BCUT2D eigenvalue weighted by atomic mass is 32.2. The molecule has 0 spiro atoms. The molecule has 1 rings (SSSR count). The van der Waals surface area contributed by atoms with Gasteiger partial charge in [0.1, 0.15) is 0 Å². The molecular weight excluding hydrogens is 248 g/mol. The highest BCUT2D eigenvalue weighted by molar-refractivity contribution is 7.90. The molecule has 0 aromatic heterocycles. The van der Waals surface area contributed by atoms with Crippen molar-refractivity contribution in [3.05, 3.63) is 29.8 Å². The highest BCUT2D eigenvalue weighted by Gasteiger charge is 2.05. The lowest BCUT2D eigenvalue weighted by Gasteiger charge is -2.06. The number of hydrogen-bond acceptors (Lipinski definition) is 4. The minimum atomic E-state index is -3.09. The first kappa shape index (κ1) is 15.1. The van der Waals surface area contributed by atoms with Crippen LogP contribution in [0.5, 0.6) is 0 Å². The van der Waals surface area contributed by atoms with Crippen molar-refractivity contribution in [2.45, 2.75) is 24.8 Å². The van der Waals surface area contributed by atoms with E-state index in [4.69, 9.17) is 0 Å². The molecule has 18 heavy (non-hydrogen) atoms. The van der Waals surface area contributed by atoms with Gasteiger partial charge in [0.25, 0.3) is 0 Å². The standard InChI is InChI=1S/C13H22N2O2S/c1-3-8-14-9-10-15-11-12-4-6-13(7-5-12)18(2,16)17/h4-7,14-15H,3,8-11H2,1-2H3. The fourth-order valence-corrected chi connectivity index (χ4v) is 2.20. The molecule has 0 saturated carbocycles. The summed E-state index contributed by atoms with van der Waals surface area (Å²) in [7, 11) is -3.09. The zero-order chi connectivity index (χ0) is 13.4. The fourth-order valence-electron chi connectivity index (χ4n) is 1.57. The van der Waals surface area contributed by atoms with Gasteiger partial charge >= 0.3 is 0 Å². The first-order chi connectivity index (χ1) is 8.54. The lowest BCUT2D eigenvalue weighted by atomic mass is 10.2. The van der Waals surface area contributed by atoms with Gasteiger partial charge in [0.05, 0.1) is 4.90 Å². The fraction of sp³-hybridized carbons (Fsp3) is 0.538. The summed E-state index contributed by atoms with van der Waals surface area (Å²) in [5.74, 6) is 0. The molecule has 2 N–H and O–H groups in total. The summed E-state index contributed by atoms with van der Waals surface area (Å²) >= 11 is 0. The third-order valence-electron chi connectivity index (χ3n) is 2.59. The van der Waals surface area contributed by atoms with Crippen LogP contribution in [0.3, 0.4) is 0 Å². The smallest absolute Gasteiger partial charge is 0.175 e. The predicted molar refractivity (Wildman–Crippen MR) is 74.4 cm³/mol. The molecule has 0 fully saturated rings. The van der Waals surface area contributed by atoms with Crippen LogP contribution in [0.25, 0.3) is 0 Å². The molecule has 0 amide bonds. The monoisotopic (exact) mass is 270 g/mol. The summed E-state index contributed by atoms with van der Waals surface area (Å²) < 4.78 is 22.6. The Morgan fingerprint density at radius 1 is 1.00 bits per heavy atom. The number of rotatable bonds is 8. The third-order valence-corrected chi connectivity index (χ3v) is 3.71. The second kappa shape index (κ2) is 7.51. The molecule has 0 aliphatic rings. The molecule has 0 unspecified atom stereocenters. The summed E-state index contributed by atoms with van der Waals surface area (Å²) in [6, 6.07) is 7.01. The van der Waals surface area contributed by atoms with Crippen molar-refractivity contribution < 1.29 is 8.42 Å². The Labute approximate surface area is 110 Å². The largest absolute Gasteiger partial charge is 0.315 e. The minimum Gasteiger partial charge on any atom is -0.315 e. The van der Waals surface area contributed by atoms with Gasteiger partial charge in [-0.25, -0.2) is 8.42 Å². The normalized spacial score (nSPS) is 11.7. The topological polar surface area (TPSA) is 58.2 Å². The maximum atomic E-state index is 11.3. The van der Waals surface area contributed by atoms with Gasteiger partial charge in [0, 0.05) is 25.9 Å². The molecule has 0 atom stereocenters. The van der Waals surface area contributed by atoms with Crippen molar-refractivity contribution in [1.29, 1.82) is 0 Å². The van der Waals surface area contributed by atoms with Crippen LogP contribution in [0.2, 0.25) is 0 Å². The van der Waals surface area contributed by atoms with Crippen molar-refractivity contribution >= 4 is 9.84 Å². The summed E-state index contributed by atoms with van der Waals surface area (Å²) in [5.41, 5.74) is 1.10. The van der Waals surface area contributed by atoms with Crippen LogP contribution in [0, 0.1) is 0 Å². The second-order valence-electron chi connectivity index (χ2n) is 4.34. The molecule has 1 aromatic rings. The highest BCUT2D eigenvalue weighted by Crippen LogP contribution is 2.09. The third kappa shape index (κ3) is 5.62. The van der Waals surface area contributed by atoms with E-state index in [9.17, 15) is 8.42 Å². The quantitative estimate of drug-likeness (QED) is 0.697. The van der Waals surface area contributed by atoms with E-state index >= 15 is 0 Å². The molecule has 0 bridgehead atoms. The SMILES string of the molecule is CCCNCCNCc1ccc(S(C)(=O)=O)cc1. The Kier molecular flexibility index (Phi) is 6.32. The van der Waals surface area contributed by atoms with Crippen molar-refractivity contribution in [3.8, 4) is 0 Å². The lowest BCUT2D eigenvalue weighted by molar-refractivity contribution is 0.601. The van der Waals surface area contributed by atoms with E-state index in [-0.39, 0.29) is 0 Å². The van der Waals surface area contributed by atoms with Crippen LogP contribution >= 0.6 is 0 Å². The summed E-state index contributed by atoms with van der Waals surface area (Å²) in [5, 5.41) is 6.62. The average Bonchev–Trinajstić information content (AvgIpc) is 2.33. The van der Waals surface area contributed by atoms with Crippen LogP contribution in [-0.2, 0) is 16.4 Å². The van der Waals surface area contributed by atoms with Gasteiger partial charge in [0.2, 0.25) is 0 Å². The molecule has 0 aliphatic carbocycles. The Bertz CT molecular complexity index is 441. The van der Waals surface area contributed by atoms with E-state index in [0.717, 1.165) is 38.2 Å². The Balaban J connectivity index is 2.32. The Morgan fingerprint density at radius 3 is 2.17 bits per heavy atom. The van der Waals surface area contributed by atoms with E-state index in [1.54, 1.807) is 12.1 Å². The van der Waals surface area contributed by atoms with Gasteiger partial charge < -0.3 is 10.6 Å². The van der Waals surface area contributed by atoms with Gasteiger partial charge in [-0.05, 0) is 30.7 Å². The predicted octanol–water partition coefficient (Wildman–Crippen LogP) is 1.18. The van der Waals surface area contributed by atoms with Gasteiger partial charge in [-0.3, -0.25) is 0 Å². The van der Waals surface area contributed by atoms with E-state index in [1.165, 1.54) is 6.26 Å². The number of hydrogen-bond donors (Lipinski definition) is 2. The number of benzene rings is 1. The minimum absolute atomic E-state index is 0.371. The molecule has 4 nitrogen and oxygen atoms in total. The Hall–Kier alpha value is -0.910. The lowest BCUT2D eigenvalue weighted by Crippen LogP contribution is -2.27. The number of nitrogens with one attached hydrogen (secondary N) is 2. The van der Waals surface area contributed by atoms with Gasteiger partial charge in [-0.15, -0.1) is 0 Å². The Morgan fingerprint density at radius 2 is 1.61 bits per heavy atom. The molecule has 102 valence electrons. The first-order valence-electron chi connectivity index (χ1n) is 6.24. The van der Waals surface area contributed by atoms with Crippen LogP contribution in [-0.4, -0.2) is 34.3 Å². The van der Waals surface area contributed by atoms with Gasteiger partial charge in [-0.2, -0.15) is 0 Å². The van der Waals surface area contributed by atoms with E-state index in [1.807, 2.05) is 12.1 Å². The average molecular weight is 270 g/mol. The van der Waals surface area contributed by atoms with Crippen molar-refractivity contribution in [2.24, 2.45) is 0 Å². The van der Waals surface area contributed by atoms with E-state index in [2.05, 4.69) is 17.6 Å². The van der Waals surface area contributed by atoms with Gasteiger partial charge in [-0.1, -0.05) is 19.1 Å². The van der Waals surface area contributed by atoms with Crippen molar-refractivity contribution in [1.82, 2.24) is 10.6 Å². The molecular formula is C13H22N2O2S. The molecule has 1 aromatic carbocycles. The molecule has 5 heteroatoms. The summed E-state index contributed by atoms with van der Waals surface area (Å²) in [6.45, 7) is 5.81. The zero-order valence-corrected chi connectivity index (χ0v) is 11.9. The second-order valence-corrected chi connectivity index (χ2v) is 6.36. The maximum absolute atomic E-state index is 11.3. The summed E-state index contributed by atoms with van der Waals surface area (Å²) in [6.07, 6.45) is 2.37. The number of sulfone groups is 1. The van der Waals surface area contributed by atoms with Crippen molar-refractivity contribution in [2.75, 3.05) is 25.9 Å². The van der Waals surface area contributed by atoms with Crippen LogP contribution in [0.15, 0.2) is 29.2 Å². The van der Waals surface area contributed by atoms with Crippen LogP contribution in [0.1, 0.15) is 18.9 Å². The van der Waals surface area contributed by atoms with Crippen LogP contribution in [0.4, 0.5) is 0 Å².